The molecule has 0 saturated heterocycles. The van der Waals surface area contributed by atoms with Crippen molar-refractivity contribution in [3.63, 3.8) is 0 Å². The van der Waals surface area contributed by atoms with Gasteiger partial charge in [0, 0.05) is 11.3 Å². The van der Waals surface area contributed by atoms with Gasteiger partial charge in [-0.05, 0) is 24.5 Å². The molecule has 0 unspecified atom stereocenters. The van der Waals surface area contributed by atoms with Crippen LogP contribution in [0.3, 0.4) is 0 Å². The van der Waals surface area contributed by atoms with E-state index in [1.54, 1.807) is 0 Å². The number of rotatable bonds is 2. The van der Waals surface area contributed by atoms with Gasteiger partial charge >= 0.3 is 5.69 Å². The molecule has 0 bridgehead atoms. The van der Waals surface area contributed by atoms with Gasteiger partial charge in [0.15, 0.2) is 0 Å². The summed E-state index contributed by atoms with van der Waals surface area (Å²) >= 11 is 0. The lowest BCUT2D eigenvalue weighted by Crippen LogP contribution is -2.14. The topological polar surface area (TPSA) is 45.8 Å². The molecule has 0 fully saturated rings. The molecule has 1 aromatic heterocycles. The Morgan fingerprint density at radius 1 is 1.24 bits per heavy atom. The van der Waals surface area contributed by atoms with Gasteiger partial charge in [-0.3, -0.25) is 0 Å². The third kappa shape index (κ3) is 2.44. The maximum atomic E-state index is 11.5. The molecule has 3 nitrogen and oxygen atoms in total. The van der Waals surface area contributed by atoms with E-state index in [2.05, 4.69) is 9.97 Å². The van der Waals surface area contributed by atoms with Crippen LogP contribution in [0.2, 0.25) is 0 Å². The van der Waals surface area contributed by atoms with Gasteiger partial charge in [0.25, 0.3) is 0 Å². The molecule has 88 valence electrons. The molecule has 0 spiro atoms. The number of aryl methyl sites for hydroxylation is 1. The van der Waals surface area contributed by atoms with Crippen LogP contribution in [-0.4, -0.2) is 9.97 Å². The first-order valence-corrected chi connectivity index (χ1v) is 5.75. The quantitative estimate of drug-likeness (QED) is 0.859. The Kier molecular flexibility index (Phi) is 3.09. The summed E-state index contributed by atoms with van der Waals surface area (Å²) in [5.74, 6) is 0.286. The van der Waals surface area contributed by atoms with Crippen molar-refractivity contribution in [3.8, 4) is 11.3 Å². The summed E-state index contributed by atoms with van der Waals surface area (Å²) in [4.78, 5) is 18.3. The first kappa shape index (κ1) is 11.6. The second kappa shape index (κ2) is 4.53. The first-order valence-electron chi connectivity index (χ1n) is 5.75. The van der Waals surface area contributed by atoms with Crippen molar-refractivity contribution in [2.45, 2.75) is 26.7 Å². The minimum Gasteiger partial charge on any atom is -0.310 e. The number of aromatic amines is 1. The zero-order chi connectivity index (χ0) is 12.4. The van der Waals surface area contributed by atoms with E-state index in [0.717, 1.165) is 22.5 Å². The number of nitrogens with one attached hydrogen (secondary N) is 1. The Morgan fingerprint density at radius 2 is 1.94 bits per heavy atom. The lowest BCUT2D eigenvalue weighted by atomic mass is 10.0. The lowest BCUT2D eigenvalue weighted by Gasteiger charge is -2.08. The van der Waals surface area contributed by atoms with Crippen molar-refractivity contribution in [1.82, 2.24) is 9.97 Å². The molecule has 0 atom stereocenters. The van der Waals surface area contributed by atoms with E-state index in [9.17, 15) is 4.79 Å². The minimum atomic E-state index is -0.283. The Bertz CT molecular complexity index is 585. The summed E-state index contributed by atoms with van der Waals surface area (Å²) in [6.45, 7) is 6.12. The SMILES string of the molecule is Cc1ccccc1-c1cc(C(C)C)[nH]c(=O)n1. The molecule has 2 rings (SSSR count). The van der Waals surface area contributed by atoms with Crippen LogP contribution in [0, 0.1) is 6.92 Å². The molecule has 3 heteroatoms. The summed E-state index contributed by atoms with van der Waals surface area (Å²) in [5.41, 5.74) is 3.52. The van der Waals surface area contributed by atoms with Gasteiger partial charge in [0.1, 0.15) is 0 Å². The molecule has 0 radical (unpaired) electrons. The molecule has 1 N–H and O–H groups in total. The predicted octanol–water partition coefficient (Wildman–Crippen LogP) is 2.87. The smallest absolute Gasteiger partial charge is 0.310 e. The zero-order valence-electron chi connectivity index (χ0n) is 10.3. The maximum absolute atomic E-state index is 11.5. The fraction of sp³-hybridized carbons (Fsp3) is 0.286. The highest BCUT2D eigenvalue weighted by atomic mass is 16.1. The van der Waals surface area contributed by atoms with Gasteiger partial charge in [0.05, 0.1) is 5.69 Å². The van der Waals surface area contributed by atoms with Crippen molar-refractivity contribution in [3.05, 3.63) is 52.1 Å². The summed E-state index contributed by atoms with van der Waals surface area (Å²) in [5, 5.41) is 0. The van der Waals surface area contributed by atoms with Gasteiger partial charge in [-0.2, -0.15) is 4.98 Å². The van der Waals surface area contributed by atoms with Crippen molar-refractivity contribution < 1.29 is 0 Å². The minimum absolute atomic E-state index is 0.283. The molecular weight excluding hydrogens is 212 g/mol. The second-order valence-corrected chi connectivity index (χ2v) is 4.50. The third-order valence-electron chi connectivity index (χ3n) is 2.81. The van der Waals surface area contributed by atoms with E-state index in [1.807, 2.05) is 51.1 Å². The summed E-state index contributed by atoms with van der Waals surface area (Å²) in [6.07, 6.45) is 0. The number of H-pyrrole nitrogens is 1. The number of aromatic nitrogens is 2. The van der Waals surface area contributed by atoms with E-state index in [0.29, 0.717) is 0 Å². The van der Waals surface area contributed by atoms with Crippen molar-refractivity contribution in [2.75, 3.05) is 0 Å². The van der Waals surface area contributed by atoms with Gasteiger partial charge < -0.3 is 4.98 Å². The van der Waals surface area contributed by atoms with Gasteiger partial charge in [-0.15, -0.1) is 0 Å². The fourth-order valence-electron chi connectivity index (χ4n) is 1.79. The molecule has 0 amide bonds. The Hall–Kier alpha value is -1.90. The van der Waals surface area contributed by atoms with E-state index >= 15 is 0 Å². The standard InChI is InChI=1S/C14H16N2O/c1-9(2)12-8-13(16-14(17)15-12)11-7-5-4-6-10(11)3/h4-9H,1-3H3,(H,15,16,17). The monoisotopic (exact) mass is 228 g/mol. The number of nitrogens with zero attached hydrogens (tertiary/aromatic N) is 1. The summed E-state index contributed by atoms with van der Waals surface area (Å²) < 4.78 is 0. The molecular formula is C14H16N2O. The van der Waals surface area contributed by atoms with Crippen LogP contribution in [-0.2, 0) is 0 Å². The molecule has 0 aliphatic rings. The van der Waals surface area contributed by atoms with Crippen LogP contribution in [0.4, 0.5) is 0 Å². The van der Waals surface area contributed by atoms with Crippen LogP contribution in [0.1, 0.15) is 31.0 Å². The Labute approximate surface area is 101 Å². The number of hydrogen-bond acceptors (Lipinski definition) is 2. The molecule has 2 aromatic rings. The predicted molar refractivity (Wildman–Crippen MR) is 69.1 cm³/mol. The average Bonchev–Trinajstić information content (AvgIpc) is 2.28. The van der Waals surface area contributed by atoms with E-state index < -0.39 is 0 Å². The molecule has 0 aliphatic heterocycles. The van der Waals surface area contributed by atoms with Gasteiger partial charge in [-0.25, -0.2) is 4.79 Å². The largest absolute Gasteiger partial charge is 0.345 e. The van der Waals surface area contributed by atoms with Crippen LogP contribution in [0.25, 0.3) is 11.3 Å². The zero-order valence-corrected chi connectivity index (χ0v) is 10.3. The fourth-order valence-corrected chi connectivity index (χ4v) is 1.79. The van der Waals surface area contributed by atoms with Crippen molar-refractivity contribution in [2.24, 2.45) is 0 Å². The highest BCUT2D eigenvalue weighted by Gasteiger charge is 2.07. The van der Waals surface area contributed by atoms with E-state index in [-0.39, 0.29) is 11.6 Å². The normalized spacial score (nSPS) is 10.8. The Balaban J connectivity index is 2.60. The highest BCUT2D eigenvalue weighted by Crippen LogP contribution is 2.22. The van der Waals surface area contributed by atoms with Crippen LogP contribution >= 0.6 is 0 Å². The summed E-state index contributed by atoms with van der Waals surface area (Å²) in [7, 11) is 0. The first-order chi connectivity index (χ1) is 8.08. The summed E-state index contributed by atoms with van der Waals surface area (Å²) in [6, 6.07) is 9.90. The molecule has 0 aliphatic carbocycles. The van der Waals surface area contributed by atoms with Crippen molar-refractivity contribution in [1.29, 1.82) is 0 Å². The third-order valence-corrected chi connectivity index (χ3v) is 2.81. The molecule has 1 heterocycles. The van der Waals surface area contributed by atoms with Crippen LogP contribution < -0.4 is 5.69 Å². The van der Waals surface area contributed by atoms with Crippen LogP contribution in [0.5, 0.6) is 0 Å². The number of hydrogen-bond donors (Lipinski definition) is 1. The van der Waals surface area contributed by atoms with E-state index in [4.69, 9.17) is 0 Å². The molecule has 0 saturated carbocycles. The van der Waals surface area contributed by atoms with Crippen molar-refractivity contribution >= 4 is 0 Å². The Morgan fingerprint density at radius 3 is 2.59 bits per heavy atom. The molecule has 17 heavy (non-hydrogen) atoms. The van der Waals surface area contributed by atoms with E-state index in [1.165, 1.54) is 0 Å². The molecule has 1 aromatic carbocycles. The maximum Gasteiger partial charge on any atom is 0.345 e. The van der Waals surface area contributed by atoms with Crippen LogP contribution in [0.15, 0.2) is 35.1 Å². The van der Waals surface area contributed by atoms with Gasteiger partial charge in [0.2, 0.25) is 0 Å². The van der Waals surface area contributed by atoms with Gasteiger partial charge in [-0.1, -0.05) is 38.1 Å². The average molecular weight is 228 g/mol. The second-order valence-electron chi connectivity index (χ2n) is 4.50. The lowest BCUT2D eigenvalue weighted by molar-refractivity contribution is 0.803. The number of benzene rings is 1. The highest BCUT2D eigenvalue weighted by molar-refractivity contribution is 5.63.